The maximum absolute atomic E-state index is 11.6. The lowest BCUT2D eigenvalue weighted by Crippen LogP contribution is -2.58. The van der Waals surface area contributed by atoms with Crippen molar-refractivity contribution in [1.29, 1.82) is 0 Å². The minimum atomic E-state index is -0.211. The number of hydrogen-bond donors (Lipinski definition) is 2. The molecule has 29 heavy (non-hydrogen) atoms. The normalized spacial score (nSPS) is 50.2. The van der Waals surface area contributed by atoms with Crippen LogP contribution in [0.1, 0.15) is 85.0 Å². The molecule has 166 valence electrons. The van der Waals surface area contributed by atoms with Crippen molar-refractivity contribution in [3.63, 3.8) is 0 Å². The summed E-state index contributed by atoms with van der Waals surface area (Å²) >= 11 is 0. The van der Waals surface area contributed by atoms with Crippen LogP contribution >= 0.6 is 0 Å². The topological polar surface area (TPSA) is 66.8 Å². The molecule has 0 saturated heterocycles. The van der Waals surface area contributed by atoms with E-state index >= 15 is 0 Å². The predicted octanol–water partition coefficient (Wildman–Crippen LogP) is 4.57. The van der Waals surface area contributed by atoms with Crippen LogP contribution in [0.4, 0.5) is 0 Å². The summed E-state index contributed by atoms with van der Waals surface area (Å²) in [4.78, 5) is 11.6. The Kier molecular flexibility index (Phi) is 5.83. The van der Waals surface area contributed by atoms with Crippen LogP contribution in [0.15, 0.2) is 0 Å². The number of rotatable bonds is 4. The zero-order valence-corrected chi connectivity index (χ0v) is 18.9. The summed E-state index contributed by atoms with van der Waals surface area (Å²) in [5, 5.41) is 21.5. The number of aliphatic hydroxyl groups is 2. The van der Waals surface area contributed by atoms with E-state index in [2.05, 4.69) is 20.8 Å². The Morgan fingerprint density at radius 2 is 1.72 bits per heavy atom. The van der Waals surface area contributed by atoms with Gasteiger partial charge in [0.2, 0.25) is 0 Å². The van der Waals surface area contributed by atoms with Crippen LogP contribution in [0.2, 0.25) is 0 Å². The Morgan fingerprint density at radius 3 is 2.45 bits per heavy atom. The smallest absolute Gasteiger partial charge is 0.305 e. The van der Waals surface area contributed by atoms with E-state index in [1.54, 1.807) is 0 Å². The van der Waals surface area contributed by atoms with Gasteiger partial charge in [0.25, 0.3) is 0 Å². The van der Waals surface area contributed by atoms with Crippen LogP contribution < -0.4 is 0 Å². The highest BCUT2D eigenvalue weighted by Crippen LogP contribution is 2.68. The molecule has 4 rings (SSSR count). The van der Waals surface area contributed by atoms with E-state index in [1.807, 2.05) is 0 Å². The highest BCUT2D eigenvalue weighted by molar-refractivity contribution is 5.69. The number of hydrogen-bond acceptors (Lipinski definition) is 4. The van der Waals surface area contributed by atoms with Crippen molar-refractivity contribution in [2.75, 3.05) is 7.11 Å². The third-order valence-electron chi connectivity index (χ3n) is 10.4. The molecule has 10 atom stereocenters. The molecule has 4 saturated carbocycles. The minimum Gasteiger partial charge on any atom is -0.469 e. The van der Waals surface area contributed by atoms with Gasteiger partial charge in [-0.2, -0.15) is 0 Å². The van der Waals surface area contributed by atoms with Crippen molar-refractivity contribution in [2.45, 2.75) is 97.2 Å². The first-order valence-corrected chi connectivity index (χ1v) is 12.1. The number of carbonyl (C=O) groups is 1. The zero-order valence-electron chi connectivity index (χ0n) is 18.9. The van der Waals surface area contributed by atoms with Crippen LogP contribution in [0.3, 0.4) is 0 Å². The molecule has 0 aromatic heterocycles. The highest BCUT2D eigenvalue weighted by atomic mass is 16.5. The fraction of sp³-hybridized carbons (Fsp3) is 0.960. The van der Waals surface area contributed by atoms with E-state index in [9.17, 15) is 15.0 Å². The molecule has 0 bridgehead atoms. The number of carbonyl (C=O) groups excluding carboxylic acids is 1. The van der Waals surface area contributed by atoms with Gasteiger partial charge >= 0.3 is 5.97 Å². The number of fused-ring (bicyclic) bond motifs is 5. The zero-order chi connectivity index (χ0) is 21.0. The molecule has 0 radical (unpaired) electrons. The van der Waals surface area contributed by atoms with Gasteiger partial charge in [0.1, 0.15) is 0 Å². The average Bonchev–Trinajstić information content (AvgIpc) is 3.04. The second-order valence-electron chi connectivity index (χ2n) is 11.5. The van der Waals surface area contributed by atoms with Crippen LogP contribution in [0, 0.1) is 46.3 Å². The lowest BCUT2D eigenvalue weighted by atomic mass is 9.43. The summed E-state index contributed by atoms with van der Waals surface area (Å²) in [6.45, 7) is 7.29. The number of methoxy groups -OCH3 is 1. The SMILES string of the molecule is COC(=O)CC[C@H](C)[C@@H]1CC[C@@H]2[C@H]3[C@H](O)C[C@@H]4C[C@@H](O)CC[C@]4(C)[C@@H]3CC[C@@]21C. The van der Waals surface area contributed by atoms with Gasteiger partial charge in [0, 0.05) is 6.42 Å². The van der Waals surface area contributed by atoms with Gasteiger partial charge in [-0.05, 0) is 104 Å². The van der Waals surface area contributed by atoms with E-state index in [4.69, 9.17) is 4.74 Å². The maximum atomic E-state index is 11.6. The lowest BCUT2D eigenvalue weighted by Gasteiger charge is -2.62. The van der Waals surface area contributed by atoms with E-state index in [-0.39, 0.29) is 23.6 Å². The minimum absolute atomic E-state index is 0.0959. The fourth-order valence-corrected chi connectivity index (χ4v) is 8.82. The first-order valence-electron chi connectivity index (χ1n) is 12.1. The summed E-state index contributed by atoms with van der Waals surface area (Å²) in [6.07, 6.45) is 9.80. The van der Waals surface area contributed by atoms with Crippen molar-refractivity contribution in [3.8, 4) is 0 Å². The molecular weight excluding hydrogens is 364 g/mol. The third-order valence-corrected chi connectivity index (χ3v) is 10.4. The van der Waals surface area contributed by atoms with E-state index < -0.39 is 0 Å². The Hall–Kier alpha value is -0.610. The largest absolute Gasteiger partial charge is 0.469 e. The van der Waals surface area contributed by atoms with Crippen LogP contribution in [-0.4, -0.2) is 35.5 Å². The van der Waals surface area contributed by atoms with Crippen molar-refractivity contribution in [3.05, 3.63) is 0 Å². The van der Waals surface area contributed by atoms with Crippen LogP contribution in [0.5, 0.6) is 0 Å². The van der Waals surface area contributed by atoms with Gasteiger partial charge in [-0.25, -0.2) is 0 Å². The Morgan fingerprint density at radius 1 is 1.03 bits per heavy atom. The number of ether oxygens (including phenoxy) is 1. The summed E-state index contributed by atoms with van der Waals surface area (Å²) in [6, 6.07) is 0. The van der Waals surface area contributed by atoms with Gasteiger partial charge in [0.05, 0.1) is 19.3 Å². The van der Waals surface area contributed by atoms with E-state index in [1.165, 1.54) is 32.8 Å². The summed E-state index contributed by atoms with van der Waals surface area (Å²) in [7, 11) is 1.48. The molecule has 0 aromatic rings. The van der Waals surface area contributed by atoms with Crippen molar-refractivity contribution in [2.24, 2.45) is 46.3 Å². The lowest BCUT2D eigenvalue weighted by molar-refractivity contribution is -0.174. The van der Waals surface area contributed by atoms with E-state index in [0.29, 0.717) is 47.3 Å². The molecule has 4 fully saturated rings. The molecule has 0 aromatic carbocycles. The Balaban J connectivity index is 1.53. The molecule has 0 unspecified atom stereocenters. The van der Waals surface area contributed by atoms with Crippen molar-refractivity contribution < 1.29 is 19.7 Å². The molecular formula is C25H42O4. The summed E-state index contributed by atoms with van der Waals surface area (Å²) in [5.41, 5.74) is 0.577. The molecule has 0 spiro atoms. The van der Waals surface area contributed by atoms with Gasteiger partial charge in [-0.3, -0.25) is 4.79 Å². The molecule has 4 aliphatic carbocycles. The van der Waals surface area contributed by atoms with E-state index in [0.717, 1.165) is 32.1 Å². The van der Waals surface area contributed by atoms with Gasteiger partial charge in [0.15, 0.2) is 0 Å². The second-order valence-corrected chi connectivity index (χ2v) is 11.5. The maximum Gasteiger partial charge on any atom is 0.305 e. The van der Waals surface area contributed by atoms with Gasteiger partial charge < -0.3 is 14.9 Å². The predicted molar refractivity (Wildman–Crippen MR) is 113 cm³/mol. The van der Waals surface area contributed by atoms with Crippen LogP contribution in [-0.2, 0) is 9.53 Å². The van der Waals surface area contributed by atoms with Crippen molar-refractivity contribution in [1.82, 2.24) is 0 Å². The molecule has 2 N–H and O–H groups in total. The second kappa shape index (κ2) is 7.82. The fourth-order valence-electron chi connectivity index (χ4n) is 8.82. The molecule has 0 aliphatic heterocycles. The summed E-state index contributed by atoms with van der Waals surface area (Å²) < 4.78 is 4.86. The molecule has 4 nitrogen and oxygen atoms in total. The van der Waals surface area contributed by atoms with Crippen LogP contribution in [0.25, 0.3) is 0 Å². The van der Waals surface area contributed by atoms with Gasteiger partial charge in [-0.15, -0.1) is 0 Å². The molecule has 4 aliphatic rings. The highest BCUT2D eigenvalue weighted by Gasteiger charge is 2.62. The first kappa shape index (κ1) is 21.6. The number of esters is 1. The third kappa shape index (κ3) is 3.46. The monoisotopic (exact) mass is 406 g/mol. The quantitative estimate of drug-likeness (QED) is 0.671. The standard InChI is InChI=1S/C25H42O4/c1-15(5-8-22(28)29-4)18-6-7-19-23-20(10-12-25(18,19)3)24(2)11-9-17(26)13-16(24)14-21(23)27/h15-21,23,26-27H,5-14H2,1-4H3/t15-,16-,17-,18-,19+,20+,21+,23+,24-,25+/m0/s1. The summed E-state index contributed by atoms with van der Waals surface area (Å²) in [5.74, 6) is 3.17. The Labute approximate surface area is 176 Å². The Bertz CT molecular complexity index is 620. The molecule has 0 amide bonds. The van der Waals surface area contributed by atoms with Gasteiger partial charge in [-0.1, -0.05) is 20.8 Å². The first-order chi connectivity index (χ1) is 13.7. The molecule has 0 heterocycles. The van der Waals surface area contributed by atoms with Crippen molar-refractivity contribution >= 4 is 5.97 Å². The molecule has 4 heteroatoms. The number of aliphatic hydroxyl groups excluding tert-OH is 2. The average molecular weight is 407 g/mol.